The zero-order valence-corrected chi connectivity index (χ0v) is 24.9. The first-order chi connectivity index (χ1) is 18.4. The number of nitrogens with zero attached hydrogens (tertiary/aromatic N) is 1. The number of alkyl halides is 3. The van der Waals surface area contributed by atoms with Crippen LogP contribution in [-0.2, 0) is 24.6 Å². The topological polar surface area (TPSA) is 136 Å². The van der Waals surface area contributed by atoms with Gasteiger partial charge in [0, 0.05) is 36.1 Å². The van der Waals surface area contributed by atoms with E-state index in [4.69, 9.17) is 9.88 Å². The van der Waals surface area contributed by atoms with Crippen molar-refractivity contribution in [3.63, 3.8) is 0 Å². The molecule has 1 aromatic carbocycles. The number of rotatable bonds is 9. The average molecular weight is 626 g/mol. The van der Waals surface area contributed by atoms with E-state index < -0.39 is 52.5 Å². The number of thioether (sulfide) groups is 1. The van der Waals surface area contributed by atoms with Crippen molar-refractivity contribution in [3.05, 3.63) is 53.1 Å². The summed E-state index contributed by atoms with van der Waals surface area (Å²) in [6, 6.07) is 7.86. The lowest BCUT2D eigenvalue weighted by Gasteiger charge is -2.33. The van der Waals surface area contributed by atoms with Crippen LogP contribution in [0.4, 0.5) is 18.0 Å². The maximum absolute atomic E-state index is 13.7. The Morgan fingerprint density at radius 1 is 1.18 bits per heavy atom. The van der Waals surface area contributed by atoms with Crippen molar-refractivity contribution in [3.8, 4) is 0 Å². The fourth-order valence-corrected chi connectivity index (χ4v) is 8.20. The van der Waals surface area contributed by atoms with Crippen LogP contribution in [-0.4, -0.2) is 62.1 Å². The SMILES string of the molecule is CC(C)(C)OC(=O)N1CCC[C@@H]1CCCNC1=C(S(=O)(=O)C(F)(F)F)C[C@@](Sc2ccccc2)(S(N)(=O)=O)C=C1. The molecule has 1 aromatic rings. The Labute approximate surface area is 237 Å². The van der Waals surface area contributed by atoms with E-state index in [1.54, 1.807) is 56.0 Å². The van der Waals surface area contributed by atoms with E-state index in [9.17, 15) is 34.8 Å². The van der Waals surface area contributed by atoms with Gasteiger partial charge in [0.1, 0.15) is 5.60 Å². The predicted octanol–water partition coefficient (Wildman–Crippen LogP) is 4.64. The summed E-state index contributed by atoms with van der Waals surface area (Å²) in [5, 5.41) is 8.20. The van der Waals surface area contributed by atoms with Crippen molar-refractivity contribution < 1.29 is 39.5 Å². The van der Waals surface area contributed by atoms with Crippen molar-refractivity contribution in [1.29, 1.82) is 0 Å². The molecule has 224 valence electrons. The number of hydrogen-bond donors (Lipinski definition) is 2. The molecule has 0 saturated carbocycles. The normalized spacial score (nSPS) is 22.5. The zero-order chi connectivity index (χ0) is 30.0. The fraction of sp³-hybridized carbons (Fsp3) is 0.560. The van der Waals surface area contributed by atoms with E-state index >= 15 is 0 Å². The molecular weight excluding hydrogens is 591 g/mol. The number of allylic oxidation sites excluding steroid dienone is 2. The second kappa shape index (κ2) is 11.9. The van der Waals surface area contributed by atoms with Crippen LogP contribution in [0.5, 0.6) is 0 Å². The number of nitrogens with one attached hydrogen (secondary N) is 1. The van der Waals surface area contributed by atoms with Crippen LogP contribution < -0.4 is 10.5 Å². The highest BCUT2D eigenvalue weighted by molar-refractivity contribution is 8.14. The number of benzene rings is 1. The molecule has 2 aliphatic rings. The van der Waals surface area contributed by atoms with Gasteiger partial charge < -0.3 is 15.0 Å². The number of hydrogen-bond acceptors (Lipinski definition) is 8. The van der Waals surface area contributed by atoms with E-state index in [2.05, 4.69) is 5.32 Å². The molecule has 0 spiro atoms. The Balaban J connectivity index is 1.81. The maximum Gasteiger partial charge on any atom is 0.501 e. The van der Waals surface area contributed by atoms with Crippen molar-refractivity contribution in [1.82, 2.24) is 10.2 Å². The summed E-state index contributed by atoms with van der Waals surface area (Å²) >= 11 is 0.660. The van der Waals surface area contributed by atoms with Gasteiger partial charge in [0.15, 0.2) is 4.08 Å². The second-order valence-corrected chi connectivity index (χ2v) is 16.1. The number of carbonyl (C=O) groups excluding carboxylic acids is 1. The average Bonchev–Trinajstić information content (AvgIpc) is 3.29. The number of ether oxygens (including phenoxy) is 1. The molecule has 0 bridgehead atoms. The quantitative estimate of drug-likeness (QED) is 0.379. The highest BCUT2D eigenvalue weighted by Crippen LogP contribution is 2.48. The van der Waals surface area contributed by atoms with Gasteiger partial charge in [-0.25, -0.2) is 26.8 Å². The van der Waals surface area contributed by atoms with Crippen LogP contribution in [0.3, 0.4) is 0 Å². The van der Waals surface area contributed by atoms with Gasteiger partial charge in [-0.1, -0.05) is 30.0 Å². The summed E-state index contributed by atoms with van der Waals surface area (Å²) < 4.78 is 94.9. The molecule has 0 radical (unpaired) electrons. The molecule has 2 atom stereocenters. The van der Waals surface area contributed by atoms with E-state index in [1.165, 1.54) is 0 Å². The van der Waals surface area contributed by atoms with E-state index in [1.807, 2.05) is 0 Å². The fourth-order valence-electron chi connectivity index (χ4n) is 4.49. The molecule has 1 amide bonds. The van der Waals surface area contributed by atoms with E-state index in [0.29, 0.717) is 36.0 Å². The molecule has 40 heavy (non-hydrogen) atoms. The zero-order valence-electron chi connectivity index (χ0n) is 22.4. The van der Waals surface area contributed by atoms with Gasteiger partial charge >= 0.3 is 11.6 Å². The molecular formula is C25H34F3N3O6S3. The lowest BCUT2D eigenvalue weighted by molar-refractivity contribution is -0.0428. The second-order valence-electron chi connectivity index (χ2n) is 10.6. The Kier molecular flexibility index (Phi) is 9.64. The van der Waals surface area contributed by atoms with E-state index in [-0.39, 0.29) is 18.3 Å². The number of amides is 1. The number of sulfonamides is 1. The van der Waals surface area contributed by atoms with Crippen LogP contribution in [0.1, 0.15) is 52.9 Å². The maximum atomic E-state index is 13.7. The van der Waals surface area contributed by atoms with Gasteiger partial charge in [0.25, 0.3) is 9.84 Å². The van der Waals surface area contributed by atoms with Gasteiger partial charge in [-0.2, -0.15) is 13.2 Å². The molecule has 1 aliphatic heterocycles. The largest absolute Gasteiger partial charge is 0.501 e. The number of likely N-dealkylation sites (tertiary alicyclic amines) is 1. The summed E-state index contributed by atoms with van der Waals surface area (Å²) in [5.74, 6) is 0. The summed E-state index contributed by atoms with van der Waals surface area (Å²) in [5.41, 5.74) is -6.66. The Bertz CT molecular complexity index is 1360. The van der Waals surface area contributed by atoms with Crippen LogP contribution >= 0.6 is 11.8 Å². The molecule has 15 heteroatoms. The molecule has 1 heterocycles. The lowest BCUT2D eigenvalue weighted by atomic mass is 10.1. The van der Waals surface area contributed by atoms with Crippen LogP contribution in [0.15, 0.2) is 58.0 Å². The first-order valence-electron chi connectivity index (χ1n) is 12.6. The third-order valence-electron chi connectivity index (χ3n) is 6.39. The molecule has 1 aliphatic carbocycles. The monoisotopic (exact) mass is 625 g/mol. The lowest BCUT2D eigenvalue weighted by Crippen LogP contribution is -2.43. The number of primary sulfonamides is 1. The van der Waals surface area contributed by atoms with Gasteiger partial charge in [-0.15, -0.1) is 0 Å². The van der Waals surface area contributed by atoms with Crippen LogP contribution in [0, 0.1) is 0 Å². The van der Waals surface area contributed by atoms with Crippen LogP contribution in [0.25, 0.3) is 0 Å². The Morgan fingerprint density at radius 2 is 1.82 bits per heavy atom. The van der Waals surface area contributed by atoms with Gasteiger partial charge in [0.05, 0.1) is 4.91 Å². The van der Waals surface area contributed by atoms with E-state index in [0.717, 1.165) is 25.0 Å². The minimum Gasteiger partial charge on any atom is -0.444 e. The number of nitrogens with two attached hydrogens (primary N) is 1. The standard InChI is InChI=1S/C25H34F3N3O6S3/c1-23(2,3)37-22(32)31-16-8-10-18(31)9-7-15-30-20-13-14-24(40(29,35)36,38-19-11-5-4-6-12-19)17-21(20)39(33,34)25(26,27)28/h4-6,11-14,18,30H,7-10,15-17H2,1-3H3,(H2,29,35,36)/t18-,24-/m0/s1. The number of halogens is 3. The molecule has 1 fully saturated rings. The third kappa shape index (κ3) is 7.53. The molecule has 1 saturated heterocycles. The Morgan fingerprint density at radius 3 is 2.40 bits per heavy atom. The van der Waals surface area contributed by atoms with Crippen LogP contribution in [0.2, 0.25) is 0 Å². The summed E-state index contributed by atoms with van der Waals surface area (Å²) in [4.78, 5) is 13.4. The smallest absolute Gasteiger partial charge is 0.444 e. The Hall–Kier alpha value is -2.23. The number of carbonyl (C=O) groups is 1. The first kappa shape index (κ1) is 32.3. The van der Waals surface area contributed by atoms with Crippen molar-refractivity contribution >= 4 is 37.7 Å². The van der Waals surface area contributed by atoms with Gasteiger partial charge in [0.2, 0.25) is 10.0 Å². The minimum atomic E-state index is -5.90. The highest BCUT2D eigenvalue weighted by Gasteiger charge is 2.54. The molecule has 9 nitrogen and oxygen atoms in total. The van der Waals surface area contributed by atoms with Crippen molar-refractivity contribution in [2.24, 2.45) is 5.14 Å². The van der Waals surface area contributed by atoms with Gasteiger partial charge in [-0.05, 0) is 70.7 Å². The third-order valence-corrected chi connectivity index (χ3v) is 11.3. The molecule has 3 rings (SSSR count). The first-order valence-corrected chi connectivity index (χ1v) is 16.4. The summed E-state index contributed by atoms with van der Waals surface area (Å²) in [7, 11) is -10.5. The molecule has 0 aromatic heterocycles. The highest BCUT2D eigenvalue weighted by atomic mass is 32.3. The van der Waals surface area contributed by atoms with Crippen molar-refractivity contribution in [2.75, 3.05) is 13.1 Å². The summed E-state index contributed by atoms with van der Waals surface area (Å²) in [6.07, 6.45) is 3.15. The molecule has 0 unspecified atom stereocenters. The number of sulfone groups is 1. The van der Waals surface area contributed by atoms with Gasteiger partial charge in [-0.3, -0.25) is 0 Å². The minimum absolute atomic E-state index is 0.0867. The van der Waals surface area contributed by atoms with Crippen molar-refractivity contribution in [2.45, 2.75) is 79.0 Å². The summed E-state index contributed by atoms with van der Waals surface area (Å²) in [6.45, 7) is 5.91. The molecule has 3 N–H and O–H groups in total. The predicted molar refractivity (Wildman–Crippen MR) is 147 cm³/mol.